The number of hydrogen-bond acceptors (Lipinski definition) is 3. The maximum atomic E-state index is 12.1. The van der Waals surface area contributed by atoms with E-state index in [1.54, 1.807) is 19.2 Å². The Bertz CT molecular complexity index is 425. The normalized spacial score (nSPS) is 23.9. The standard InChI is InChI=1S/C15H18O3/c1-18-13-7-8-14(16)12(9-13)10-15(17)11-5-3-2-4-6-11/h2-6,12-13H,7-10H2,1H3. The molecule has 2 atom stereocenters. The number of hydrogen-bond donors (Lipinski definition) is 0. The van der Waals surface area contributed by atoms with E-state index in [4.69, 9.17) is 4.74 Å². The average Bonchev–Trinajstić information content (AvgIpc) is 2.42. The maximum absolute atomic E-state index is 12.1. The van der Waals surface area contributed by atoms with E-state index in [2.05, 4.69) is 0 Å². The summed E-state index contributed by atoms with van der Waals surface area (Å²) in [5.74, 6) is 0.0784. The minimum Gasteiger partial charge on any atom is -0.381 e. The molecule has 0 spiro atoms. The third-order valence-electron chi connectivity index (χ3n) is 3.58. The molecule has 0 amide bonds. The molecule has 1 fully saturated rings. The van der Waals surface area contributed by atoms with Gasteiger partial charge in [0.1, 0.15) is 5.78 Å². The summed E-state index contributed by atoms with van der Waals surface area (Å²) >= 11 is 0. The van der Waals surface area contributed by atoms with Crippen LogP contribution in [0, 0.1) is 5.92 Å². The van der Waals surface area contributed by atoms with E-state index in [9.17, 15) is 9.59 Å². The molecule has 0 bridgehead atoms. The number of methoxy groups -OCH3 is 1. The van der Waals surface area contributed by atoms with E-state index in [0.717, 1.165) is 6.42 Å². The Kier molecular flexibility index (Phi) is 4.26. The second-order valence-corrected chi connectivity index (χ2v) is 4.79. The van der Waals surface area contributed by atoms with E-state index >= 15 is 0 Å². The van der Waals surface area contributed by atoms with Gasteiger partial charge in [0.05, 0.1) is 6.10 Å². The highest BCUT2D eigenvalue weighted by Gasteiger charge is 2.30. The van der Waals surface area contributed by atoms with Gasteiger partial charge in [0.2, 0.25) is 0 Å². The molecule has 1 aliphatic rings. The largest absolute Gasteiger partial charge is 0.381 e. The lowest BCUT2D eigenvalue weighted by Crippen LogP contribution is -2.30. The third-order valence-corrected chi connectivity index (χ3v) is 3.58. The van der Waals surface area contributed by atoms with Gasteiger partial charge in [-0.2, -0.15) is 0 Å². The first-order chi connectivity index (χ1) is 8.70. The fraction of sp³-hybridized carbons (Fsp3) is 0.467. The topological polar surface area (TPSA) is 43.4 Å². The predicted molar refractivity (Wildman–Crippen MR) is 68.5 cm³/mol. The lowest BCUT2D eigenvalue weighted by atomic mass is 9.82. The van der Waals surface area contributed by atoms with Gasteiger partial charge in [-0.15, -0.1) is 0 Å². The molecule has 1 aliphatic carbocycles. The van der Waals surface area contributed by atoms with Gasteiger partial charge in [-0.05, 0) is 12.8 Å². The van der Waals surface area contributed by atoms with Crippen LogP contribution in [0.4, 0.5) is 0 Å². The number of ether oxygens (including phenoxy) is 1. The van der Waals surface area contributed by atoms with Gasteiger partial charge in [0, 0.05) is 31.4 Å². The third kappa shape index (κ3) is 3.05. The van der Waals surface area contributed by atoms with Crippen LogP contribution < -0.4 is 0 Å². The molecule has 3 heteroatoms. The molecule has 2 unspecified atom stereocenters. The van der Waals surface area contributed by atoms with Gasteiger partial charge in [-0.1, -0.05) is 30.3 Å². The Morgan fingerprint density at radius 2 is 2.06 bits per heavy atom. The highest BCUT2D eigenvalue weighted by molar-refractivity contribution is 5.99. The van der Waals surface area contributed by atoms with Crippen LogP contribution in [0.5, 0.6) is 0 Å². The maximum Gasteiger partial charge on any atom is 0.163 e. The van der Waals surface area contributed by atoms with Gasteiger partial charge in [-0.3, -0.25) is 9.59 Å². The average molecular weight is 246 g/mol. The summed E-state index contributed by atoms with van der Waals surface area (Å²) in [7, 11) is 1.66. The molecule has 2 rings (SSSR count). The minimum atomic E-state index is -0.170. The minimum absolute atomic E-state index is 0.0469. The van der Waals surface area contributed by atoms with Crippen molar-refractivity contribution < 1.29 is 14.3 Å². The summed E-state index contributed by atoms with van der Waals surface area (Å²) in [5, 5.41) is 0. The van der Waals surface area contributed by atoms with Gasteiger partial charge in [0.15, 0.2) is 5.78 Å². The number of benzene rings is 1. The quantitative estimate of drug-likeness (QED) is 0.767. The number of ketones is 2. The van der Waals surface area contributed by atoms with Gasteiger partial charge >= 0.3 is 0 Å². The number of rotatable bonds is 4. The van der Waals surface area contributed by atoms with E-state index in [-0.39, 0.29) is 23.6 Å². The van der Waals surface area contributed by atoms with Crippen LogP contribution in [-0.2, 0) is 9.53 Å². The number of Topliss-reactive ketones (excluding diaryl/α,β-unsaturated/α-hetero) is 2. The second-order valence-electron chi connectivity index (χ2n) is 4.79. The van der Waals surface area contributed by atoms with Gasteiger partial charge < -0.3 is 4.74 Å². The van der Waals surface area contributed by atoms with Gasteiger partial charge in [-0.25, -0.2) is 0 Å². The molecule has 1 aromatic rings. The van der Waals surface area contributed by atoms with Crippen LogP contribution in [0.1, 0.15) is 36.0 Å². The van der Waals surface area contributed by atoms with Crippen molar-refractivity contribution in [3.05, 3.63) is 35.9 Å². The molecule has 0 aliphatic heterocycles. The first kappa shape index (κ1) is 13.0. The van der Waals surface area contributed by atoms with E-state index in [1.165, 1.54) is 0 Å². The molecular weight excluding hydrogens is 228 g/mol. The molecule has 0 aromatic heterocycles. The molecule has 18 heavy (non-hydrogen) atoms. The van der Waals surface area contributed by atoms with Crippen molar-refractivity contribution in [3.63, 3.8) is 0 Å². The Hall–Kier alpha value is -1.48. The molecule has 3 nitrogen and oxygen atoms in total. The van der Waals surface area contributed by atoms with E-state index in [0.29, 0.717) is 24.8 Å². The fourth-order valence-electron chi connectivity index (χ4n) is 2.45. The fourth-order valence-corrected chi connectivity index (χ4v) is 2.45. The first-order valence-corrected chi connectivity index (χ1v) is 6.34. The summed E-state index contributed by atoms with van der Waals surface area (Å²) in [4.78, 5) is 23.9. The molecule has 0 heterocycles. The molecule has 0 radical (unpaired) electrons. The lowest BCUT2D eigenvalue weighted by molar-refractivity contribution is -0.127. The Morgan fingerprint density at radius 3 is 2.72 bits per heavy atom. The zero-order valence-corrected chi connectivity index (χ0v) is 10.6. The molecule has 0 N–H and O–H groups in total. The van der Waals surface area contributed by atoms with Crippen molar-refractivity contribution in [1.82, 2.24) is 0 Å². The molecule has 0 saturated heterocycles. The van der Waals surface area contributed by atoms with Crippen LogP contribution in [0.15, 0.2) is 30.3 Å². The van der Waals surface area contributed by atoms with E-state index < -0.39 is 0 Å². The summed E-state index contributed by atoms with van der Waals surface area (Å²) in [6.07, 6.45) is 2.42. The lowest BCUT2D eigenvalue weighted by Gasteiger charge is -2.26. The predicted octanol–water partition coefficient (Wildman–Crippen LogP) is 2.64. The zero-order valence-electron chi connectivity index (χ0n) is 10.6. The van der Waals surface area contributed by atoms with Crippen molar-refractivity contribution in [3.8, 4) is 0 Å². The smallest absolute Gasteiger partial charge is 0.163 e. The van der Waals surface area contributed by atoms with Crippen LogP contribution >= 0.6 is 0 Å². The van der Waals surface area contributed by atoms with E-state index in [1.807, 2.05) is 18.2 Å². The molecule has 96 valence electrons. The monoisotopic (exact) mass is 246 g/mol. The highest BCUT2D eigenvalue weighted by Crippen LogP contribution is 2.26. The SMILES string of the molecule is COC1CCC(=O)C(CC(=O)c2ccccc2)C1. The Labute approximate surface area is 107 Å². The van der Waals surface area contributed by atoms with Crippen molar-refractivity contribution in [2.24, 2.45) is 5.92 Å². The highest BCUT2D eigenvalue weighted by atomic mass is 16.5. The summed E-state index contributed by atoms with van der Waals surface area (Å²) in [6, 6.07) is 9.15. The molecule has 1 saturated carbocycles. The van der Waals surface area contributed by atoms with Crippen molar-refractivity contribution >= 4 is 11.6 Å². The van der Waals surface area contributed by atoms with Crippen LogP contribution in [0.25, 0.3) is 0 Å². The molecule has 1 aromatic carbocycles. The van der Waals surface area contributed by atoms with Crippen molar-refractivity contribution in [1.29, 1.82) is 0 Å². The summed E-state index contributed by atoms with van der Waals surface area (Å²) in [6.45, 7) is 0. The molecular formula is C15H18O3. The van der Waals surface area contributed by atoms with Crippen LogP contribution in [0.3, 0.4) is 0 Å². The van der Waals surface area contributed by atoms with Crippen molar-refractivity contribution in [2.45, 2.75) is 31.8 Å². The second kappa shape index (κ2) is 5.91. The number of carbonyl (C=O) groups excluding carboxylic acids is 2. The number of carbonyl (C=O) groups is 2. The first-order valence-electron chi connectivity index (χ1n) is 6.34. The Morgan fingerprint density at radius 1 is 1.33 bits per heavy atom. The zero-order chi connectivity index (χ0) is 13.0. The van der Waals surface area contributed by atoms with Gasteiger partial charge in [0.25, 0.3) is 0 Å². The summed E-state index contributed by atoms with van der Waals surface area (Å²) in [5.41, 5.74) is 0.685. The Balaban J connectivity index is 2.00. The van der Waals surface area contributed by atoms with Crippen LogP contribution in [0.2, 0.25) is 0 Å². The summed E-state index contributed by atoms with van der Waals surface area (Å²) < 4.78 is 5.29. The van der Waals surface area contributed by atoms with Crippen molar-refractivity contribution in [2.75, 3.05) is 7.11 Å². The van der Waals surface area contributed by atoms with Crippen LogP contribution in [-0.4, -0.2) is 24.8 Å².